The molecule has 0 atom stereocenters. The minimum Gasteiger partial charge on any atom is -0.493 e. The second-order valence-corrected chi connectivity index (χ2v) is 6.01. The summed E-state index contributed by atoms with van der Waals surface area (Å²) in [7, 11) is 0. The molecular weight excluding hydrogens is 264 g/mol. The number of carbonyl (C=O) groups is 1. The van der Waals surface area contributed by atoms with Crippen LogP contribution >= 0.6 is 0 Å². The van der Waals surface area contributed by atoms with Gasteiger partial charge in [-0.25, -0.2) is 0 Å². The minimum absolute atomic E-state index is 0.133. The summed E-state index contributed by atoms with van der Waals surface area (Å²) < 4.78 is 5.50. The average molecular weight is 288 g/mol. The molecule has 2 heterocycles. The zero-order chi connectivity index (χ0) is 14.5. The standard InChI is InChI=1S/C17H24N2O2/c20-17(13-19-8-3-1-2-4-9-19)18-12-14-5-6-16-15(11-14)7-10-21-16/h5-6,11H,1-4,7-10,12-13H2,(H,18,20). The van der Waals surface area contributed by atoms with Gasteiger partial charge in [-0.05, 0) is 43.1 Å². The van der Waals surface area contributed by atoms with Crippen LogP contribution in [0.5, 0.6) is 5.75 Å². The van der Waals surface area contributed by atoms with E-state index in [0.717, 1.165) is 37.4 Å². The van der Waals surface area contributed by atoms with Crippen molar-refractivity contribution in [3.05, 3.63) is 29.3 Å². The molecule has 0 saturated carbocycles. The number of fused-ring (bicyclic) bond motifs is 1. The van der Waals surface area contributed by atoms with Crippen molar-refractivity contribution in [3.63, 3.8) is 0 Å². The van der Waals surface area contributed by atoms with Gasteiger partial charge in [0.05, 0.1) is 13.2 Å². The zero-order valence-electron chi connectivity index (χ0n) is 12.6. The molecule has 0 unspecified atom stereocenters. The van der Waals surface area contributed by atoms with E-state index >= 15 is 0 Å². The fraction of sp³-hybridized carbons (Fsp3) is 0.588. The lowest BCUT2D eigenvalue weighted by Gasteiger charge is -2.19. The van der Waals surface area contributed by atoms with Crippen LogP contribution in [0.3, 0.4) is 0 Å². The lowest BCUT2D eigenvalue weighted by Crippen LogP contribution is -2.37. The monoisotopic (exact) mass is 288 g/mol. The number of nitrogens with one attached hydrogen (secondary N) is 1. The van der Waals surface area contributed by atoms with Crippen molar-refractivity contribution in [2.75, 3.05) is 26.2 Å². The summed E-state index contributed by atoms with van der Waals surface area (Å²) in [6, 6.07) is 6.20. The van der Waals surface area contributed by atoms with Gasteiger partial charge in [0, 0.05) is 13.0 Å². The number of likely N-dealkylation sites (tertiary alicyclic amines) is 1. The molecule has 0 radical (unpaired) electrons. The van der Waals surface area contributed by atoms with E-state index in [4.69, 9.17) is 4.74 Å². The van der Waals surface area contributed by atoms with E-state index in [1.807, 2.05) is 12.1 Å². The Kier molecular flexibility index (Phi) is 4.76. The molecule has 1 amide bonds. The Morgan fingerprint density at radius 3 is 2.81 bits per heavy atom. The second-order valence-electron chi connectivity index (χ2n) is 6.01. The maximum atomic E-state index is 12.1. The molecule has 1 fully saturated rings. The van der Waals surface area contributed by atoms with Crippen LogP contribution in [0.2, 0.25) is 0 Å². The van der Waals surface area contributed by atoms with Gasteiger partial charge in [0.2, 0.25) is 5.91 Å². The number of ether oxygens (including phenoxy) is 1. The molecule has 2 aliphatic rings. The van der Waals surface area contributed by atoms with Crippen LogP contribution in [-0.2, 0) is 17.8 Å². The highest BCUT2D eigenvalue weighted by atomic mass is 16.5. The number of carbonyl (C=O) groups excluding carboxylic acids is 1. The number of rotatable bonds is 4. The molecule has 0 aromatic heterocycles. The summed E-state index contributed by atoms with van der Waals surface area (Å²) >= 11 is 0. The van der Waals surface area contributed by atoms with E-state index in [9.17, 15) is 4.79 Å². The van der Waals surface area contributed by atoms with Crippen molar-refractivity contribution in [1.82, 2.24) is 10.2 Å². The molecule has 1 aromatic carbocycles. The third-order valence-electron chi connectivity index (χ3n) is 4.31. The maximum absolute atomic E-state index is 12.1. The summed E-state index contributed by atoms with van der Waals surface area (Å²) in [6.45, 7) is 4.04. The number of benzene rings is 1. The fourth-order valence-corrected chi connectivity index (χ4v) is 3.10. The van der Waals surface area contributed by atoms with Gasteiger partial charge in [0.1, 0.15) is 5.75 Å². The van der Waals surface area contributed by atoms with Crippen LogP contribution in [0, 0.1) is 0 Å². The maximum Gasteiger partial charge on any atom is 0.234 e. The number of hydrogen-bond donors (Lipinski definition) is 1. The quantitative estimate of drug-likeness (QED) is 0.922. The van der Waals surface area contributed by atoms with Crippen molar-refractivity contribution in [2.24, 2.45) is 0 Å². The first kappa shape index (κ1) is 14.4. The highest BCUT2D eigenvalue weighted by Crippen LogP contribution is 2.25. The van der Waals surface area contributed by atoms with Crippen LogP contribution in [0.4, 0.5) is 0 Å². The Bertz CT molecular complexity index is 494. The van der Waals surface area contributed by atoms with Crippen molar-refractivity contribution < 1.29 is 9.53 Å². The predicted octanol–water partition coefficient (Wildman–Crippen LogP) is 2.11. The van der Waals surface area contributed by atoms with E-state index in [1.54, 1.807) is 0 Å². The molecule has 2 aliphatic heterocycles. The number of nitrogens with zero attached hydrogens (tertiary/aromatic N) is 1. The molecule has 0 aliphatic carbocycles. The lowest BCUT2D eigenvalue weighted by molar-refractivity contribution is -0.122. The molecule has 0 bridgehead atoms. The number of amides is 1. The van der Waals surface area contributed by atoms with E-state index in [0.29, 0.717) is 13.1 Å². The van der Waals surface area contributed by atoms with Crippen LogP contribution < -0.4 is 10.1 Å². The summed E-state index contributed by atoms with van der Waals surface area (Å²) in [5.74, 6) is 1.13. The molecule has 4 heteroatoms. The van der Waals surface area contributed by atoms with Gasteiger partial charge in [-0.3, -0.25) is 9.69 Å². The van der Waals surface area contributed by atoms with Gasteiger partial charge in [0.25, 0.3) is 0 Å². The Hall–Kier alpha value is -1.55. The van der Waals surface area contributed by atoms with Gasteiger partial charge in [-0.15, -0.1) is 0 Å². The molecular formula is C17H24N2O2. The molecule has 1 N–H and O–H groups in total. The Labute approximate surface area is 126 Å². The molecule has 1 saturated heterocycles. The predicted molar refractivity (Wildman–Crippen MR) is 82.4 cm³/mol. The first-order valence-corrected chi connectivity index (χ1v) is 8.05. The highest BCUT2D eigenvalue weighted by molar-refractivity contribution is 5.78. The van der Waals surface area contributed by atoms with Gasteiger partial charge in [-0.1, -0.05) is 25.0 Å². The van der Waals surface area contributed by atoms with Gasteiger partial charge >= 0.3 is 0 Å². The topological polar surface area (TPSA) is 41.6 Å². The van der Waals surface area contributed by atoms with Gasteiger partial charge in [0.15, 0.2) is 0 Å². The zero-order valence-corrected chi connectivity index (χ0v) is 12.6. The smallest absolute Gasteiger partial charge is 0.234 e. The average Bonchev–Trinajstić information content (AvgIpc) is 2.81. The summed E-state index contributed by atoms with van der Waals surface area (Å²) in [4.78, 5) is 14.3. The van der Waals surface area contributed by atoms with Crippen molar-refractivity contribution in [1.29, 1.82) is 0 Å². The summed E-state index contributed by atoms with van der Waals surface area (Å²) in [5, 5.41) is 3.04. The Balaban J connectivity index is 1.47. The largest absolute Gasteiger partial charge is 0.493 e. The molecule has 114 valence electrons. The second kappa shape index (κ2) is 6.94. The third-order valence-corrected chi connectivity index (χ3v) is 4.31. The van der Waals surface area contributed by atoms with E-state index in [1.165, 1.54) is 31.2 Å². The minimum atomic E-state index is 0.133. The normalized spacial score (nSPS) is 18.7. The van der Waals surface area contributed by atoms with Crippen LogP contribution in [-0.4, -0.2) is 37.0 Å². The molecule has 1 aromatic rings. The molecule has 4 nitrogen and oxygen atoms in total. The highest BCUT2D eigenvalue weighted by Gasteiger charge is 2.14. The van der Waals surface area contributed by atoms with Gasteiger partial charge < -0.3 is 10.1 Å². The van der Waals surface area contributed by atoms with Crippen molar-refractivity contribution in [3.8, 4) is 5.75 Å². The number of hydrogen-bond acceptors (Lipinski definition) is 3. The van der Waals surface area contributed by atoms with Crippen LogP contribution in [0.1, 0.15) is 36.8 Å². The van der Waals surface area contributed by atoms with E-state index in [-0.39, 0.29) is 5.91 Å². The molecule has 21 heavy (non-hydrogen) atoms. The Morgan fingerprint density at radius 1 is 1.19 bits per heavy atom. The summed E-state index contributed by atoms with van der Waals surface area (Å²) in [6.07, 6.45) is 6.02. The summed E-state index contributed by atoms with van der Waals surface area (Å²) in [5.41, 5.74) is 2.41. The molecule has 0 spiro atoms. The lowest BCUT2D eigenvalue weighted by atomic mass is 10.1. The van der Waals surface area contributed by atoms with Gasteiger partial charge in [-0.2, -0.15) is 0 Å². The van der Waals surface area contributed by atoms with Crippen molar-refractivity contribution >= 4 is 5.91 Å². The SMILES string of the molecule is O=C(CN1CCCCCC1)NCc1ccc2c(c1)CCO2. The Morgan fingerprint density at radius 2 is 2.00 bits per heavy atom. The first-order chi connectivity index (χ1) is 10.3. The van der Waals surface area contributed by atoms with E-state index in [2.05, 4.69) is 16.3 Å². The molecule has 3 rings (SSSR count). The van der Waals surface area contributed by atoms with Crippen LogP contribution in [0.25, 0.3) is 0 Å². The third kappa shape index (κ3) is 3.97. The van der Waals surface area contributed by atoms with Crippen LogP contribution in [0.15, 0.2) is 18.2 Å². The van der Waals surface area contributed by atoms with Crippen molar-refractivity contribution in [2.45, 2.75) is 38.6 Å². The fourth-order valence-electron chi connectivity index (χ4n) is 3.10. The first-order valence-electron chi connectivity index (χ1n) is 8.05. The van der Waals surface area contributed by atoms with E-state index < -0.39 is 0 Å².